The number of rotatable bonds is 16. The van der Waals surface area contributed by atoms with Crippen molar-refractivity contribution in [3.8, 4) is 0 Å². The first kappa shape index (κ1) is 53.7. The Morgan fingerprint density at radius 3 is 2.15 bits per heavy atom. The highest BCUT2D eigenvalue weighted by atomic mass is 16.6. The van der Waals surface area contributed by atoms with E-state index in [-0.39, 0.29) is 81.5 Å². The zero-order valence-corrected chi connectivity index (χ0v) is 43.0. The van der Waals surface area contributed by atoms with Crippen LogP contribution in [0.3, 0.4) is 0 Å². The lowest BCUT2D eigenvalue weighted by Gasteiger charge is -2.37. The van der Waals surface area contributed by atoms with Gasteiger partial charge in [0.15, 0.2) is 0 Å². The first-order valence-corrected chi connectivity index (χ1v) is 25.9. The highest BCUT2D eigenvalue weighted by molar-refractivity contribution is 6.00. The fraction of sp³-hybridized carbons (Fsp3) is 0.473. The van der Waals surface area contributed by atoms with Crippen LogP contribution < -0.4 is 32.7 Å². The fourth-order valence-corrected chi connectivity index (χ4v) is 10.7. The van der Waals surface area contributed by atoms with Gasteiger partial charge in [0.1, 0.15) is 29.8 Å². The summed E-state index contributed by atoms with van der Waals surface area (Å²) >= 11 is 0. The van der Waals surface area contributed by atoms with Gasteiger partial charge in [0, 0.05) is 45.0 Å². The van der Waals surface area contributed by atoms with Gasteiger partial charge in [-0.15, -0.1) is 0 Å². The van der Waals surface area contributed by atoms with Gasteiger partial charge in [-0.3, -0.25) is 48.0 Å². The van der Waals surface area contributed by atoms with Crippen molar-refractivity contribution in [1.82, 2.24) is 45.1 Å². The van der Waals surface area contributed by atoms with E-state index in [0.29, 0.717) is 24.2 Å². The number of hydrogen-bond acceptors (Lipinski definition) is 11. The Bertz CT molecular complexity index is 2860. The van der Waals surface area contributed by atoms with E-state index in [9.17, 15) is 43.2 Å². The van der Waals surface area contributed by atoms with Crippen LogP contribution in [0.2, 0.25) is 0 Å². The second-order valence-electron chi connectivity index (χ2n) is 20.9. The lowest BCUT2D eigenvalue weighted by atomic mass is 9.89. The predicted molar refractivity (Wildman–Crippen MR) is 277 cm³/mol. The number of fused-ring (bicyclic) bond motifs is 2. The molecule has 1 aromatic heterocycles. The summed E-state index contributed by atoms with van der Waals surface area (Å²) in [6.07, 6.45) is 3.85. The van der Waals surface area contributed by atoms with Crippen molar-refractivity contribution in [2.24, 2.45) is 12.8 Å². The number of amides is 8. The average Bonchev–Trinajstić information content (AvgIpc) is 3.91. The number of nitrogens with one attached hydrogen (secondary N) is 4. The first-order valence-electron chi connectivity index (χ1n) is 25.9. The summed E-state index contributed by atoms with van der Waals surface area (Å²) in [6, 6.07) is 19.6. The maximum Gasteiger partial charge on any atom is 0.408 e. The molecule has 8 amide bonds. The molecule has 0 radical (unpaired) electrons. The quantitative estimate of drug-likeness (QED) is 0.102. The number of likely N-dealkylation sites (tertiary alicyclic amines) is 1. The smallest absolute Gasteiger partial charge is 0.408 e. The van der Waals surface area contributed by atoms with Gasteiger partial charge in [0.25, 0.3) is 5.91 Å². The SMILES string of the molecule is Cn1c(=O)n(C2CCC(=O)NC2=O)c2ccc(C3CCN(CCCC(=O)N4CCC5=CC[C@@H](C(=O)N[C@@H](CCC(N)=O)C(=O)NC(c6ccccc6)c6ccccc6)N5C(=O)[C@@H](NC(=O)OC(C)(C)C)C4)CC3)cc21. The number of nitrogens with two attached hydrogens (primary N) is 1. The molecule has 4 aromatic rings. The van der Waals surface area contributed by atoms with Gasteiger partial charge in [-0.05, 0) is 114 Å². The third kappa shape index (κ3) is 12.8. The molecule has 6 N–H and O–H groups in total. The van der Waals surface area contributed by atoms with Crippen molar-refractivity contribution < 1.29 is 43.1 Å². The monoisotopic (exact) mass is 1030 g/mol. The summed E-state index contributed by atoms with van der Waals surface area (Å²) in [7, 11) is 1.69. The second kappa shape index (κ2) is 23.3. The molecule has 75 heavy (non-hydrogen) atoms. The third-order valence-corrected chi connectivity index (χ3v) is 14.5. The molecule has 20 heteroatoms. The Labute approximate surface area is 435 Å². The van der Waals surface area contributed by atoms with Crippen molar-refractivity contribution in [1.29, 1.82) is 0 Å². The standard InChI is InChI=1S/C55H68N10O10/c1-55(2,3)75-53(73)58-40-33-63(47(68)16-11-28-62-29-25-34(26-30-62)37-17-20-41-44(32-37)61(4)54(74)65(41)43-22-24-46(67)59-51(43)71)31-27-38-18-21-42(64(38)52(40)72)50(70)57-39(19-23-45(56)66)49(69)60-48(35-12-7-5-8-13-35)36-14-9-6-10-15-36/h5-10,12-15,17-18,20,32,34,39-40,42-43,48H,11,16,19,21-31,33H2,1-4H3,(H2,56,66)(H,57,70)(H,58,73)(H,60,69)(H,59,67,71)/t39-,40-,42-,43?/m0/s1. The van der Waals surface area contributed by atoms with Gasteiger partial charge in [-0.25, -0.2) is 9.59 Å². The summed E-state index contributed by atoms with van der Waals surface area (Å²) in [5.74, 6) is -3.24. The number of benzene rings is 3. The van der Waals surface area contributed by atoms with E-state index >= 15 is 0 Å². The molecule has 0 spiro atoms. The van der Waals surface area contributed by atoms with E-state index in [1.165, 1.54) is 9.47 Å². The maximum atomic E-state index is 14.7. The predicted octanol–water partition coefficient (Wildman–Crippen LogP) is 3.54. The third-order valence-electron chi connectivity index (χ3n) is 14.5. The number of piperidine rings is 2. The van der Waals surface area contributed by atoms with E-state index in [2.05, 4.69) is 26.2 Å². The summed E-state index contributed by atoms with van der Waals surface area (Å²) in [4.78, 5) is 126. The number of aryl methyl sites for hydroxylation is 1. The van der Waals surface area contributed by atoms with Crippen LogP contribution in [0.15, 0.2) is 95.4 Å². The van der Waals surface area contributed by atoms with Crippen LogP contribution >= 0.6 is 0 Å². The Hall–Kier alpha value is -7.61. The molecule has 3 aromatic carbocycles. The zero-order valence-electron chi connectivity index (χ0n) is 43.0. The lowest BCUT2D eigenvalue weighted by molar-refractivity contribution is -0.142. The number of aromatic nitrogens is 2. The van der Waals surface area contributed by atoms with E-state index in [1.807, 2.05) is 78.9 Å². The molecule has 8 rings (SSSR count). The van der Waals surface area contributed by atoms with Crippen LogP contribution in [0.25, 0.3) is 11.0 Å². The van der Waals surface area contributed by atoms with Crippen LogP contribution in [0.1, 0.15) is 120 Å². The fourth-order valence-electron chi connectivity index (χ4n) is 10.7. The van der Waals surface area contributed by atoms with E-state index < -0.39 is 71.4 Å². The Morgan fingerprint density at radius 2 is 1.51 bits per heavy atom. The number of nitrogens with zero attached hydrogens (tertiary/aromatic N) is 5. The molecule has 4 aliphatic rings. The molecule has 4 atom stereocenters. The molecular weight excluding hydrogens is 961 g/mol. The molecule has 0 aliphatic carbocycles. The minimum absolute atomic E-state index is 0.101. The summed E-state index contributed by atoms with van der Waals surface area (Å²) in [5, 5.41) is 10.9. The minimum atomic E-state index is -1.29. The van der Waals surface area contributed by atoms with Gasteiger partial charge in [0.2, 0.25) is 35.4 Å². The summed E-state index contributed by atoms with van der Waals surface area (Å²) in [5.41, 5.74) is 8.87. The highest BCUT2D eigenvalue weighted by Gasteiger charge is 2.43. The number of primary amides is 1. The largest absolute Gasteiger partial charge is 0.444 e. The average molecular weight is 1030 g/mol. The summed E-state index contributed by atoms with van der Waals surface area (Å²) < 4.78 is 8.58. The van der Waals surface area contributed by atoms with Crippen LogP contribution in [0, 0.1) is 0 Å². The van der Waals surface area contributed by atoms with Crippen LogP contribution in [-0.2, 0) is 45.3 Å². The normalized spacial score (nSPS) is 20.1. The van der Waals surface area contributed by atoms with Crippen LogP contribution in [0.5, 0.6) is 0 Å². The van der Waals surface area contributed by atoms with Crippen LogP contribution in [-0.4, -0.2) is 128 Å². The van der Waals surface area contributed by atoms with Crippen LogP contribution in [0.4, 0.5) is 4.79 Å². The number of imide groups is 1. The van der Waals surface area contributed by atoms with Crippen molar-refractivity contribution >= 4 is 58.5 Å². The molecule has 0 saturated carbocycles. The van der Waals surface area contributed by atoms with Gasteiger partial charge in [-0.2, -0.15) is 0 Å². The number of alkyl carbamates (subject to hydrolysis) is 1. The highest BCUT2D eigenvalue weighted by Crippen LogP contribution is 2.33. The lowest BCUT2D eigenvalue weighted by Crippen LogP contribution is -2.60. The minimum Gasteiger partial charge on any atom is -0.444 e. The molecule has 3 saturated heterocycles. The molecule has 20 nitrogen and oxygen atoms in total. The molecular formula is C55H68N10O10. The Kier molecular flexibility index (Phi) is 16.7. The molecule has 1 unspecified atom stereocenters. The van der Waals surface area contributed by atoms with Gasteiger partial charge in [-0.1, -0.05) is 72.8 Å². The second-order valence-corrected chi connectivity index (χ2v) is 20.9. The van der Waals surface area contributed by atoms with Gasteiger partial charge in [0.05, 0.1) is 23.6 Å². The van der Waals surface area contributed by atoms with Gasteiger partial charge < -0.3 is 41.1 Å². The topological polar surface area (TPSA) is 257 Å². The van der Waals surface area contributed by atoms with Crippen molar-refractivity contribution in [2.45, 2.75) is 127 Å². The molecule has 398 valence electrons. The maximum absolute atomic E-state index is 14.7. The van der Waals surface area contributed by atoms with Crippen molar-refractivity contribution in [2.75, 3.05) is 32.7 Å². The first-order chi connectivity index (χ1) is 35.8. The number of carbonyl (C=O) groups is 8. The van der Waals surface area contributed by atoms with Gasteiger partial charge >= 0.3 is 11.8 Å². The Morgan fingerprint density at radius 1 is 0.827 bits per heavy atom. The van der Waals surface area contributed by atoms with E-state index in [1.54, 1.807) is 43.4 Å². The molecule has 4 aliphatic heterocycles. The van der Waals surface area contributed by atoms with E-state index in [4.69, 9.17) is 10.5 Å². The number of ether oxygens (including phenoxy) is 1. The van der Waals surface area contributed by atoms with Crippen molar-refractivity contribution in [3.63, 3.8) is 0 Å². The molecule has 3 fully saturated rings. The molecule has 0 bridgehead atoms. The Balaban J connectivity index is 0.895. The van der Waals surface area contributed by atoms with Crippen molar-refractivity contribution in [3.05, 3.63) is 118 Å². The number of hydrogen-bond donors (Lipinski definition) is 5. The number of imidazole rings is 1. The molecule has 5 heterocycles. The van der Waals surface area contributed by atoms with E-state index in [0.717, 1.165) is 48.1 Å². The number of carbonyl (C=O) groups excluding carboxylic acids is 8. The summed E-state index contributed by atoms with van der Waals surface area (Å²) in [6.45, 7) is 7.36. The zero-order chi connectivity index (χ0) is 53.6.